The van der Waals surface area contributed by atoms with Crippen molar-refractivity contribution in [2.45, 2.75) is 25.7 Å². The molecule has 0 spiro atoms. The third-order valence-electron chi connectivity index (χ3n) is 5.30. The van der Waals surface area contributed by atoms with E-state index in [1.54, 1.807) is 32.0 Å². The monoisotopic (exact) mass is 445 g/mol. The maximum absolute atomic E-state index is 13.0. The van der Waals surface area contributed by atoms with Gasteiger partial charge in [-0.05, 0) is 79.4 Å². The highest BCUT2D eigenvalue weighted by atomic mass is 32.2. The van der Waals surface area contributed by atoms with Gasteiger partial charge in [0.05, 0.1) is 10.4 Å². The molecule has 4 aromatic rings. The van der Waals surface area contributed by atoms with Crippen LogP contribution in [0.15, 0.2) is 71.6 Å². The highest BCUT2D eigenvalue weighted by Gasteiger charge is 2.20. The quantitative estimate of drug-likeness (QED) is 0.464. The predicted octanol–water partition coefficient (Wildman–Crippen LogP) is 4.73. The molecule has 1 amide bonds. The van der Waals surface area contributed by atoms with Crippen LogP contribution in [0.5, 0.6) is 0 Å². The van der Waals surface area contributed by atoms with E-state index in [2.05, 4.69) is 9.71 Å². The number of nitrogens with zero attached hydrogens (tertiary/aromatic N) is 1. The molecule has 1 heterocycles. The lowest BCUT2D eigenvalue weighted by molar-refractivity contribution is 0.100. The van der Waals surface area contributed by atoms with Gasteiger partial charge < -0.3 is 5.73 Å². The number of nitrogens with two attached hydrogens (primary N) is 1. The van der Waals surface area contributed by atoms with Crippen molar-refractivity contribution in [2.75, 3.05) is 4.72 Å². The van der Waals surface area contributed by atoms with E-state index in [-0.39, 0.29) is 10.7 Å². The van der Waals surface area contributed by atoms with E-state index in [0.717, 1.165) is 22.1 Å². The number of amides is 1. The topological polar surface area (TPSA) is 102 Å². The molecule has 0 atom stereocenters. The zero-order valence-corrected chi connectivity index (χ0v) is 18.8. The van der Waals surface area contributed by atoms with Crippen LogP contribution < -0.4 is 10.5 Å². The Hall–Kier alpha value is -3.71. The van der Waals surface area contributed by atoms with Crippen LogP contribution in [-0.2, 0) is 10.0 Å². The van der Waals surface area contributed by atoms with Gasteiger partial charge in [-0.25, -0.2) is 13.4 Å². The summed E-state index contributed by atoms with van der Waals surface area (Å²) >= 11 is 0. The lowest BCUT2D eigenvalue weighted by Crippen LogP contribution is -2.16. The third-order valence-corrected chi connectivity index (χ3v) is 6.96. The number of primary amides is 1. The molecular weight excluding hydrogens is 422 g/mol. The molecule has 0 unspecified atom stereocenters. The summed E-state index contributed by atoms with van der Waals surface area (Å²) in [4.78, 5) is 16.0. The molecule has 32 heavy (non-hydrogen) atoms. The minimum absolute atomic E-state index is 0.260. The van der Waals surface area contributed by atoms with Crippen molar-refractivity contribution in [2.24, 2.45) is 5.73 Å². The average Bonchev–Trinajstić information content (AvgIpc) is 2.72. The van der Waals surface area contributed by atoms with Crippen LogP contribution in [-0.4, -0.2) is 19.3 Å². The number of aryl methyl sites for hydroxylation is 3. The second-order valence-electron chi connectivity index (χ2n) is 7.88. The van der Waals surface area contributed by atoms with E-state index in [1.807, 2.05) is 55.5 Å². The Morgan fingerprint density at radius 3 is 2.09 bits per heavy atom. The molecule has 4 rings (SSSR count). The molecular formula is C25H23N3O3S. The number of aromatic nitrogens is 1. The van der Waals surface area contributed by atoms with Gasteiger partial charge in [-0.1, -0.05) is 35.9 Å². The number of rotatable bonds is 5. The molecule has 3 N–H and O–H groups in total. The molecule has 162 valence electrons. The Morgan fingerprint density at radius 2 is 1.47 bits per heavy atom. The van der Waals surface area contributed by atoms with Crippen LogP contribution in [0.4, 0.5) is 5.82 Å². The minimum Gasteiger partial charge on any atom is -0.366 e. The fourth-order valence-corrected chi connectivity index (χ4v) is 5.42. The molecule has 7 heteroatoms. The van der Waals surface area contributed by atoms with Crippen LogP contribution >= 0.6 is 0 Å². The Bertz CT molecular complexity index is 1440. The summed E-state index contributed by atoms with van der Waals surface area (Å²) < 4.78 is 28.7. The molecule has 0 aliphatic heterocycles. The summed E-state index contributed by atoms with van der Waals surface area (Å²) in [6, 6.07) is 19.9. The number of hydrogen-bond donors (Lipinski definition) is 2. The van der Waals surface area contributed by atoms with Gasteiger partial charge in [0.15, 0.2) is 0 Å². The van der Waals surface area contributed by atoms with Gasteiger partial charge in [0.1, 0.15) is 5.82 Å². The van der Waals surface area contributed by atoms with Crippen LogP contribution in [0.3, 0.4) is 0 Å². The number of fused-ring (bicyclic) bond motifs is 1. The fourth-order valence-electron chi connectivity index (χ4n) is 3.97. The van der Waals surface area contributed by atoms with Crippen molar-refractivity contribution in [1.82, 2.24) is 4.98 Å². The number of benzene rings is 3. The fraction of sp³-hybridized carbons (Fsp3) is 0.120. The summed E-state index contributed by atoms with van der Waals surface area (Å²) in [5, 5.41) is 0.868. The number of nitrogens with one attached hydrogen (secondary N) is 1. The molecule has 6 nitrogen and oxygen atoms in total. The van der Waals surface area contributed by atoms with Crippen LogP contribution in [0.2, 0.25) is 0 Å². The summed E-state index contributed by atoms with van der Waals surface area (Å²) in [5.41, 5.74) is 10.7. The first-order valence-electron chi connectivity index (χ1n) is 10.1. The van der Waals surface area contributed by atoms with Gasteiger partial charge in [0.25, 0.3) is 10.0 Å². The maximum atomic E-state index is 13.0. The van der Waals surface area contributed by atoms with Crippen molar-refractivity contribution >= 4 is 32.7 Å². The molecule has 1 aromatic heterocycles. The van der Waals surface area contributed by atoms with Crippen molar-refractivity contribution in [3.05, 3.63) is 89.0 Å². The Labute approximate surface area is 187 Å². The summed E-state index contributed by atoms with van der Waals surface area (Å²) in [6.07, 6.45) is 0. The Balaban J connectivity index is 1.65. The SMILES string of the molecule is Cc1cc(C)c(S(=O)(=O)Nc2ccc3cc(-c4ccc(C(N)=O)cc4)ccc3n2)c(C)c1. The predicted molar refractivity (Wildman–Crippen MR) is 127 cm³/mol. The number of carbonyl (C=O) groups excluding carboxylic acids is 1. The van der Waals surface area contributed by atoms with Crippen molar-refractivity contribution < 1.29 is 13.2 Å². The van der Waals surface area contributed by atoms with Crippen LogP contribution in [0, 0.1) is 20.8 Å². The smallest absolute Gasteiger partial charge is 0.263 e. The van der Waals surface area contributed by atoms with Gasteiger partial charge in [-0.15, -0.1) is 0 Å². The second-order valence-corrected chi connectivity index (χ2v) is 9.50. The van der Waals surface area contributed by atoms with E-state index in [0.29, 0.717) is 22.2 Å². The maximum Gasteiger partial charge on any atom is 0.263 e. The molecule has 0 saturated carbocycles. The van der Waals surface area contributed by atoms with E-state index in [1.165, 1.54) is 0 Å². The van der Waals surface area contributed by atoms with Crippen molar-refractivity contribution in [3.8, 4) is 11.1 Å². The third kappa shape index (κ3) is 4.20. The molecule has 0 aliphatic carbocycles. The van der Waals surface area contributed by atoms with E-state index >= 15 is 0 Å². The Morgan fingerprint density at radius 1 is 0.844 bits per heavy atom. The first kappa shape index (κ1) is 21.5. The molecule has 0 aliphatic rings. The standard InChI is InChI=1S/C25H23N3O3S/c1-15-12-16(2)24(17(3)13-15)32(30,31)28-23-11-9-21-14-20(8-10-22(21)27-23)18-4-6-19(7-5-18)25(26)29/h4-14H,1-3H3,(H2,26,29)(H,27,28). The lowest BCUT2D eigenvalue weighted by atomic mass is 10.0. The van der Waals surface area contributed by atoms with Gasteiger partial charge in [-0.3, -0.25) is 9.52 Å². The van der Waals surface area contributed by atoms with Crippen LogP contribution in [0.25, 0.3) is 22.0 Å². The molecule has 3 aromatic carbocycles. The van der Waals surface area contributed by atoms with Gasteiger partial charge in [-0.2, -0.15) is 0 Å². The number of pyridine rings is 1. The van der Waals surface area contributed by atoms with Crippen molar-refractivity contribution in [3.63, 3.8) is 0 Å². The average molecular weight is 446 g/mol. The number of anilines is 1. The summed E-state index contributed by atoms with van der Waals surface area (Å²) in [5.74, 6) is -0.208. The lowest BCUT2D eigenvalue weighted by Gasteiger charge is -2.14. The highest BCUT2D eigenvalue weighted by Crippen LogP contribution is 2.27. The number of carbonyl (C=O) groups is 1. The van der Waals surface area contributed by atoms with Gasteiger partial charge in [0, 0.05) is 10.9 Å². The summed E-state index contributed by atoms with van der Waals surface area (Å²) in [7, 11) is -3.77. The zero-order chi connectivity index (χ0) is 23.0. The summed E-state index contributed by atoms with van der Waals surface area (Å²) in [6.45, 7) is 5.52. The molecule has 0 saturated heterocycles. The molecule has 0 fully saturated rings. The molecule has 0 radical (unpaired) electrons. The van der Waals surface area contributed by atoms with E-state index in [9.17, 15) is 13.2 Å². The zero-order valence-electron chi connectivity index (χ0n) is 18.0. The van der Waals surface area contributed by atoms with Crippen LogP contribution in [0.1, 0.15) is 27.0 Å². The second kappa shape index (κ2) is 8.09. The Kier molecular flexibility index (Phi) is 5.44. The number of sulfonamides is 1. The molecule has 0 bridgehead atoms. The van der Waals surface area contributed by atoms with E-state index < -0.39 is 15.9 Å². The normalized spacial score (nSPS) is 11.5. The first-order valence-corrected chi connectivity index (χ1v) is 11.5. The van der Waals surface area contributed by atoms with Gasteiger partial charge >= 0.3 is 0 Å². The minimum atomic E-state index is -3.77. The van der Waals surface area contributed by atoms with Gasteiger partial charge in [0.2, 0.25) is 5.91 Å². The van der Waals surface area contributed by atoms with Crippen molar-refractivity contribution in [1.29, 1.82) is 0 Å². The largest absolute Gasteiger partial charge is 0.366 e. The highest BCUT2D eigenvalue weighted by molar-refractivity contribution is 7.92. The first-order chi connectivity index (χ1) is 15.1. The van der Waals surface area contributed by atoms with E-state index in [4.69, 9.17) is 5.73 Å². The number of hydrogen-bond acceptors (Lipinski definition) is 4.